The van der Waals surface area contributed by atoms with Crippen LogP contribution in [0.4, 0.5) is 0 Å². The SMILES string of the molecule is CSCc1ccc(C(=O)N2CCN(S(=O)(=O)c3ccccc3)CC2)cc1. The van der Waals surface area contributed by atoms with E-state index in [2.05, 4.69) is 0 Å². The third-order valence-corrected chi connectivity index (χ3v) is 6.95. The van der Waals surface area contributed by atoms with Crippen LogP contribution in [-0.2, 0) is 15.8 Å². The van der Waals surface area contributed by atoms with Crippen molar-refractivity contribution in [3.8, 4) is 0 Å². The zero-order valence-corrected chi connectivity index (χ0v) is 16.3. The quantitative estimate of drug-likeness (QED) is 0.788. The number of nitrogens with zero attached hydrogens (tertiary/aromatic N) is 2. The fraction of sp³-hybridized carbons (Fsp3) is 0.316. The molecule has 1 aliphatic rings. The highest BCUT2D eigenvalue weighted by molar-refractivity contribution is 7.97. The number of rotatable bonds is 5. The zero-order valence-electron chi connectivity index (χ0n) is 14.7. The van der Waals surface area contributed by atoms with Crippen molar-refractivity contribution in [1.82, 2.24) is 9.21 Å². The number of sulfonamides is 1. The van der Waals surface area contributed by atoms with Crippen LogP contribution in [0, 0.1) is 0 Å². The fourth-order valence-corrected chi connectivity index (χ4v) is 4.93. The van der Waals surface area contributed by atoms with Crippen molar-refractivity contribution in [2.24, 2.45) is 0 Å². The van der Waals surface area contributed by atoms with Gasteiger partial charge in [-0.05, 0) is 36.1 Å². The Bertz CT molecular complexity index is 844. The molecule has 1 saturated heterocycles. The summed E-state index contributed by atoms with van der Waals surface area (Å²) in [4.78, 5) is 14.7. The molecule has 0 saturated carbocycles. The number of amides is 1. The average Bonchev–Trinajstić information content (AvgIpc) is 2.69. The summed E-state index contributed by atoms with van der Waals surface area (Å²) in [5.74, 6) is 0.877. The summed E-state index contributed by atoms with van der Waals surface area (Å²) in [5.41, 5.74) is 1.84. The van der Waals surface area contributed by atoms with Gasteiger partial charge < -0.3 is 4.90 Å². The first-order valence-corrected chi connectivity index (χ1v) is 11.3. The molecule has 0 radical (unpaired) electrons. The van der Waals surface area contributed by atoms with Crippen molar-refractivity contribution in [1.29, 1.82) is 0 Å². The minimum atomic E-state index is -3.49. The maximum atomic E-state index is 12.7. The molecule has 2 aromatic rings. The van der Waals surface area contributed by atoms with E-state index in [4.69, 9.17) is 0 Å². The predicted molar refractivity (Wildman–Crippen MR) is 105 cm³/mol. The van der Waals surface area contributed by atoms with E-state index >= 15 is 0 Å². The molecular formula is C19H22N2O3S2. The molecular weight excluding hydrogens is 368 g/mol. The second kappa shape index (κ2) is 8.24. The Balaban J connectivity index is 1.64. The molecule has 1 heterocycles. The number of carbonyl (C=O) groups excluding carboxylic acids is 1. The van der Waals surface area contributed by atoms with Crippen molar-refractivity contribution >= 4 is 27.7 Å². The number of benzene rings is 2. The Hall–Kier alpha value is -1.83. The van der Waals surface area contributed by atoms with E-state index in [1.165, 1.54) is 9.87 Å². The molecule has 0 N–H and O–H groups in total. The smallest absolute Gasteiger partial charge is 0.253 e. The van der Waals surface area contributed by atoms with E-state index in [-0.39, 0.29) is 5.91 Å². The fourth-order valence-electron chi connectivity index (χ4n) is 2.97. The molecule has 0 spiro atoms. The summed E-state index contributed by atoms with van der Waals surface area (Å²) in [5, 5.41) is 0. The van der Waals surface area contributed by atoms with Gasteiger partial charge in [0, 0.05) is 37.5 Å². The van der Waals surface area contributed by atoms with E-state index in [1.54, 1.807) is 47.0 Å². The van der Waals surface area contributed by atoms with Gasteiger partial charge in [0.05, 0.1) is 4.90 Å². The van der Waals surface area contributed by atoms with Gasteiger partial charge in [0.2, 0.25) is 10.0 Å². The lowest BCUT2D eigenvalue weighted by molar-refractivity contribution is 0.0698. The van der Waals surface area contributed by atoms with Crippen molar-refractivity contribution in [3.63, 3.8) is 0 Å². The lowest BCUT2D eigenvalue weighted by Gasteiger charge is -2.34. The van der Waals surface area contributed by atoms with Gasteiger partial charge in [-0.3, -0.25) is 4.79 Å². The molecule has 2 aromatic carbocycles. The molecule has 1 amide bonds. The third-order valence-electron chi connectivity index (χ3n) is 4.42. The maximum absolute atomic E-state index is 12.7. The molecule has 7 heteroatoms. The van der Waals surface area contributed by atoms with Gasteiger partial charge >= 0.3 is 0 Å². The molecule has 0 aromatic heterocycles. The van der Waals surface area contributed by atoms with Crippen LogP contribution in [0.3, 0.4) is 0 Å². The van der Waals surface area contributed by atoms with Gasteiger partial charge in [0.15, 0.2) is 0 Å². The highest BCUT2D eigenvalue weighted by Crippen LogP contribution is 2.18. The Labute approximate surface area is 159 Å². The summed E-state index contributed by atoms with van der Waals surface area (Å²) < 4.78 is 26.8. The van der Waals surface area contributed by atoms with Crippen molar-refractivity contribution in [3.05, 3.63) is 65.7 Å². The number of hydrogen-bond acceptors (Lipinski definition) is 4. The first kappa shape index (κ1) is 18.9. The standard InChI is InChI=1S/C19H22N2O3S2/c1-25-15-16-7-9-17(10-8-16)19(22)20-11-13-21(14-12-20)26(23,24)18-5-3-2-4-6-18/h2-10H,11-15H2,1H3. The number of carbonyl (C=O) groups is 1. The lowest BCUT2D eigenvalue weighted by atomic mass is 10.1. The highest BCUT2D eigenvalue weighted by atomic mass is 32.2. The molecule has 3 rings (SSSR count). The van der Waals surface area contributed by atoms with Crippen molar-refractivity contribution < 1.29 is 13.2 Å². The summed E-state index contributed by atoms with van der Waals surface area (Å²) in [6.07, 6.45) is 2.04. The van der Waals surface area contributed by atoms with Crippen LogP contribution in [0.1, 0.15) is 15.9 Å². The molecule has 0 unspecified atom stereocenters. The van der Waals surface area contributed by atoms with E-state index in [0.717, 1.165) is 5.75 Å². The van der Waals surface area contributed by atoms with Crippen LogP contribution in [0.2, 0.25) is 0 Å². The minimum Gasteiger partial charge on any atom is -0.336 e. The zero-order chi connectivity index (χ0) is 18.6. The Morgan fingerprint density at radius 1 is 0.962 bits per heavy atom. The van der Waals surface area contributed by atoms with Gasteiger partial charge in [0.1, 0.15) is 0 Å². The van der Waals surface area contributed by atoms with Crippen molar-refractivity contribution in [2.45, 2.75) is 10.6 Å². The molecule has 0 atom stereocenters. The number of piperazine rings is 1. The number of hydrogen-bond donors (Lipinski definition) is 0. The molecule has 0 aliphatic carbocycles. The van der Waals surface area contributed by atoms with Crippen LogP contribution in [0.5, 0.6) is 0 Å². The van der Waals surface area contributed by atoms with Crippen LogP contribution >= 0.6 is 11.8 Å². The maximum Gasteiger partial charge on any atom is 0.253 e. The minimum absolute atomic E-state index is 0.0440. The first-order chi connectivity index (χ1) is 12.5. The number of thioether (sulfide) groups is 1. The van der Waals surface area contributed by atoms with Crippen molar-refractivity contribution in [2.75, 3.05) is 32.4 Å². The second-order valence-electron chi connectivity index (χ2n) is 6.14. The van der Waals surface area contributed by atoms with Gasteiger partial charge in [-0.15, -0.1) is 0 Å². The third kappa shape index (κ3) is 4.11. The largest absolute Gasteiger partial charge is 0.336 e. The molecule has 5 nitrogen and oxygen atoms in total. The lowest BCUT2D eigenvalue weighted by Crippen LogP contribution is -2.50. The molecule has 1 aliphatic heterocycles. The summed E-state index contributed by atoms with van der Waals surface area (Å²) in [6.45, 7) is 1.43. The average molecular weight is 391 g/mol. The first-order valence-electron chi connectivity index (χ1n) is 8.45. The summed E-state index contributed by atoms with van der Waals surface area (Å²) >= 11 is 1.74. The molecule has 138 valence electrons. The van der Waals surface area contributed by atoms with Gasteiger partial charge in [0.25, 0.3) is 5.91 Å². The van der Waals surface area contributed by atoms with E-state index in [1.807, 2.05) is 30.5 Å². The molecule has 1 fully saturated rings. The van der Waals surface area contributed by atoms with E-state index in [9.17, 15) is 13.2 Å². The van der Waals surface area contributed by atoms with Crippen LogP contribution < -0.4 is 0 Å². The predicted octanol–water partition coefficient (Wildman–Crippen LogP) is 2.70. The topological polar surface area (TPSA) is 57.7 Å². The Kier molecular flexibility index (Phi) is 6.01. The van der Waals surface area contributed by atoms with Crippen LogP contribution in [0.15, 0.2) is 59.5 Å². The summed E-state index contributed by atoms with van der Waals surface area (Å²) in [7, 11) is -3.49. The Morgan fingerprint density at radius 3 is 2.15 bits per heavy atom. The molecule has 0 bridgehead atoms. The summed E-state index contributed by atoms with van der Waals surface area (Å²) in [6, 6.07) is 16.1. The molecule has 26 heavy (non-hydrogen) atoms. The second-order valence-corrected chi connectivity index (χ2v) is 8.94. The van der Waals surface area contributed by atoms with Gasteiger partial charge in [-0.1, -0.05) is 30.3 Å². The van der Waals surface area contributed by atoms with Gasteiger partial charge in [-0.25, -0.2) is 8.42 Å². The highest BCUT2D eigenvalue weighted by Gasteiger charge is 2.30. The van der Waals surface area contributed by atoms with Crippen LogP contribution in [-0.4, -0.2) is 56.0 Å². The monoisotopic (exact) mass is 390 g/mol. The van der Waals surface area contributed by atoms with Crippen LogP contribution in [0.25, 0.3) is 0 Å². The van der Waals surface area contributed by atoms with E-state index in [0.29, 0.717) is 36.6 Å². The normalized spacial score (nSPS) is 15.8. The van der Waals surface area contributed by atoms with E-state index < -0.39 is 10.0 Å². The Morgan fingerprint density at radius 2 is 1.58 bits per heavy atom. The van der Waals surface area contributed by atoms with Gasteiger partial charge in [-0.2, -0.15) is 16.1 Å².